The second kappa shape index (κ2) is 7.19. The monoisotopic (exact) mass is 407 g/mol. The number of nitrogens with zero attached hydrogens (tertiary/aromatic N) is 1. The maximum Gasteiger partial charge on any atom is 0.402 e. The molecule has 0 aliphatic heterocycles. The van der Waals surface area contributed by atoms with Crippen LogP contribution in [0.5, 0.6) is 0 Å². The molecule has 0 bridgehead atoms. The van der Waals surface area contributed by atoms with E-state index >= 15 is 0 Å². The second-order valence-electron chi connectivity index (χ2n) is 5.67. The Balaban J connectivity index is 3.49. The van der Waals surface area contributed by atoms with E-state index in [9.17, 15) is 30.0 Å². The molecule has 0 N–H and O–H groups in total. The zero-order valence-electron chi connectivity index (χ0n) is 13.1. The normalized spacial score (nSPS) is 13.7. The Morgan fingerprint density at radius 3 is 2.12 bits per heavy atom. The van der Waals surface area contributed by atoms with Gasteiger partial charge in [-0.05, 0) is 24.1 Å². The Morgan fingerprint density at radius 1 is 1.17 bits per heavy atom. The number of hydrogen-bond donors (Lipinski definition) is 0. The summed E-state index contributed by atoms with van der Waals surface area (Å²) in [6.45, 7) is 1.05. The van der Waals surface area contributed by atoms with Crippen molar-refractivity contribution in [2.45, 2.75) is 29.8 Å². The summed E-state index contributed by atoms with van der Waals surface area (Å²) in [5.74, 6) is -0.376. The smallest absolute Gasteiger partial charge is 0.224 e. The van der Waals surface area contributed by atoms with Gasteiger partial charge in [-0.1, -0.05) is 25.4 Å². The third-order valence-electron chi connectivity index (χ3n) is 2.87. The van der Waals surface area contributed by atoms with Crippen molar-refractivity contribution < 1.29 is 30.0 Å². The molecule has 0 fully saturated rings. The molecular formula is C13H17ClF3NO4S2. The predicted octanol–water partition coefficient (Wildman–Crippen LogP) is 2.95. The van der Waals surface area contributed by atoms with Crippen LogP contribution in [0.25, 0.3) is 0 Å². The number of rotatable bonds is 6. The van der Waals surface area contributed by atoms with E-state index in [0.717, 1.165) is 24.5 Å². The maximum absolute atomic E-state index is 12.7. The summed E-state index contributed by atoms with van der Waals surface area (Å²) in [5, 5.41) is -0.349. The highest BCUT2D eigenvalue weighted by atomic mass is 35.5. The Labute approximate surface area is 144 Å². The van der Waals surface area contributed by atoms with Crippen LogP contribution in [0.1, 0.15) is 13.8 Å². The molecule has 1 aromatic carbocycles. The van der Waals surface area contributed by atoms with E-state index in [4.69, 9.17) is 11.6 Å². The van der Waals surface area contributed by atoms with Crippen LogP contribution >= 0.6 is 11.6 Å². The summed E-state index contributed by atoms with van der Waals surface area (Å²) in [7, 11) is -8.38. The van der Waals surface area contributed by atoms with Crippen molar-refractivity contribution >= 4 is 31.5 Å². The lowest BCUT2D eigenvalue weighted by atomic mass is 10.2. The van der Waals surface area contributed by atoms with Gasteiger partial charge in [0.25, 0.3) is 0 Å². The van der Waals surface area contributed by atoms with E-state index in [1.807, 2.05) is 0 Å². The van der Waals surface area contributed by atoms with E-state index in [-0.39, 0.29) is 26.7 Å². The van der Waals surface area contributed by atoms with Gasteiger partial charge in [0.15, 0.2) is 9.84 Å². The van der Waals surface area contributed by atoms with Crippen LogP contribution in [-0.2, 0) is 19.9 Å². The molecule has 0 heterocycles. The molecule has 11 heteroatoms. The molecule has 0 unspecified atom stereocenters. The number of sulfone groups is 1. The molecule has 1 aromatic rings. The first-order valence-electron chi connectivity index (χ1n) is 6.71. The van der Waals surface area contributed by atoms with Gasteiger partial charge >= 0.3 is 6.18 Å². The van der Waals surface area contributed by atoms with Crippen molar-refractivity contribution in [3.05, 3.63) is 23.2 Å². The first-order valence-corrected chi connectivity index (χ1v) is 10.4. The molecule has 138 valence electrons. The minimum Gasteiger partial charge on any atom is -0.224 e. The largest absolute Gasteiger partial charge is 0.402 e. The summed E-state index contributed by atoms with van der Waals surface area (Å²) in [5.41, 5.74) is 0. The van der Waals surface area contributed by atoms with Crippen molar-refractivity contribution in [1.29, 1.82) is 0 Å². The molecule has 0 saturated heterocycles. The van der Waals surface area contributed by atoms with E-state index < -0.39 is 37.5 Å². The number of benzene rings is 1. The number of halogens is 4. The van der Waals surface area contributed by atoms with Gasteiger partial charge in [-0.2, -0.15) is 17.5 Å². The van der Waals surface area contributed by atoms with Crippen molar-refractivity contribution in [3.8, 4) is 0 Å². The summed E-state index contributed by atoms with van der Waals surface area (Å²) in [6, 6.07) is 2.90. The highest BCUT2D eigenvalue weighted by Crippen LogP contribution is 2.30. The topological polar surface area (TPSA) is 71.5 Å². The highest BCUT2D eigenvalue weighted by Gasteiger charge is 2.38. The molecule has 24 heavy (non-hydrogen) atoms. The Bertz CT molecular complexity index is 805. The minimum atomic E-state index is -4.75. The third kappa shape index (κ3) is 5.61. The first kappa shape index (κ1) is 21.2. The summed E-state index contributed by atoms with van der Waals surface area (Å²) in [4.78, 5) is -1.01. The molecule has 0 spiro atoms. The molecule has 5 nitrogen and oxygen atoms in total. The fourth-order valence-corrected chi connectivity index (χ4v) is 4.72. The number of hydrogen-bond acceptors (Lipinski definition) is 4. The van der Waals surface area contributed by atoms with Gasteiger partial charge in [0.1, 0.15) is 11.4 Å². The van der Waals surface area contributed by atoms with Crippen LogP contribution in [0.3, 0.4) is 0 Å². The first-order chi connectivity index (χ1) is 10.6. The van der Waals surface area contributed by atoms with Gasteiger partial charge in [0.05, 0.1) is 9.92 Å². The van der Waals surface area contributed by atoms with Crippen LogP contribution < -0.4 is 0 Å². The van der Waals surface area contributed by atoms with Gasteiger partial charge in [0, 0.05) is 12.8 Å². The molecule has 0 aromatic heterocycles. The Kier molecular flexibility index (Phi) is 6.35. The quantitative estimate of drug-likeness (QED) is 0.726. The lowest BCUT2D eigenvalue weighted by molar-refractivity contribution is -0.136. The average molecular weight is 408 g/mol. The highest BCUT2D eigenvalue weighted by molar-refractivity contribution is 7.91. The van der Waals surface area contributed by atoms with Crippen LogP contribution in [-0.4, -0.2) is 46.7 Å². The van der Waals surface area contributed by atoms with E-state index in [1.54, 1.807) is 13.8 Å². The molecular weight excluding hydrogens is 391 g/mol. The van der Waals surface area contributed by atoms with Gasteiger partial charge < -0.3 is 0 Å². The van der Waals surface area contributed by atoms with Crippen molar-refractivity contribution in [2.24, 2.45) is 5.92 Å². The van der Waals surface area contributed by atoms with Crippen LogP contribution in [0.4, 0.5) is 13.2 Å². The van der Waals surface area contributed by atoms with Gasteiger partial charge in [-0.15, -0.1) is 0 Å². The zero-order valence-corrected chi connectivity index (χ0v) is 15.5. The number of alkyl halides is 3. The second-order valence-corrected chi connectivity index (χ2v) is 10.0. The van der Waals surface area contributed by atoms with Gasteiger partial charge in [-0.25, -0.2) is 16.8 Å². The van der Waals surface area contributed by atoms with Gasteiger partial charge in [-0.3, -0.25) is 0 Å². The van der Waals surface area contributed by atoms with Crippen molar-refractivity contribution in [3.63, 3.8) is 0 Å². The van der Waals surface area contributed by atoms with E-state index in [1.165, 1.54) is 0 Å². The van der Waals surface area contributed by atoms with Crippen LogP contribution in [0.2, 0.25) is 5.02 Å². The van der Waals surface area contributed by atoms with Crippen molar-refractivity contribution in [1.82, 2.24) is 4.31 Å². The average Bonchev–Trinajstić information content (AvgIpc) is 2.34. The third-order valence-corrected chi connectivity index (χ3v) is 6.28. The fourth-order valence-electron chi connectivity index (χ4n) is 1.91. The lowest BCUT2D eigenvalue weighted by Gasteiger charge is -2.25. The Morgan fingerprint density at radius 2 is 1.71 bits per heavy atom. The zero-order chi connectivity index (χ0) is 18.9. The standard InChI is InChI=1S/C13H17ClF3NO4S2/c1-9(2)7-18(8-13(15,16)17)24(21,22)12-6-10(23(3,19)20)4-5-11(12)14/h4-6,9H,7-8H2,1-3H3. The molecule has 0 aliphatic carbocycles. The minimum absolute atomic E-state index is 0.255. The lowest BCUT2D eigenvalue weighted by Crippen LogP contribution is -2.41. The van der Waals surface area contributed by atoms with E-state index in [0.29, 0.717) is 0 Å². The summed E-state index contributed by atoms with van der Waals surface area (Å²) >= 11 is 5.80. The Hall–Kier alpha value is -0.840. The van der Waals surface area contributed by atoms with Gasteiger partial charge in [0.2, 0.25) is 10.0 Å². The molecule has 1 rings (SSSR count). The van der Waals surface area contributed by atoms with Crippen LogP contribution in [0, 0.1) is 5.92 Å². The summed E-state index contributed by atoms with van der Waals surface area (Å²) in [6.07, 6.45) is -3.89. The van der Waals surface area contributed by atoms with Crippen molar-refractivity contribution in [2.75, 3.05) is 19.3 Å². The molecule has 0 saturated carbocycles. The SMILES string of the molecule is CC(C)CN(CC(F)(F)F)S(=O)(=O)c1cc(S(C)(=O)=O)ccc1Cl. The van der Waals surface area contributed by atoms with Crippen LogP contribution in [0.15, 0.2) is 28.0 Å². The molecule has 0 radical (unpaired) electrons. The molecule has 0 aliphatic rings. The number of sulfonamides is 1. The summed E-state index contributed by atoms with van der Waals surface area (Å²) < 4.78 is 86.8. The molecule has 0 amide bonds. The molecule has 0 atom stereocenters. The predicted molar refractivity (Wildman–Crippen MR) is 84.2 cm³/mol. The fraction of sp³-hybridized carbons (Fsp3) is 0.538. The van der Waals surface area contributed by atoms with E-state index in [2.05, 4.69) is 0 Å². The maximum atomic E-state index is 12.7.